The molecule has 12 heteroatoms. The minimum absolute atomic E-state index is 1.08. The summed E-state index contributed by atoms with van der Waals surface area (Å²) in [5, 5.41) is 0. The monoisotopic (exact) mass is 353 g/mol. The van der Waals surface area contributed by atoms with Crippen LogP contribution in [0.4, 0.5) is 0 Å². The van der Waals surface area contributed by atoms with Crippen LogP contribution in [0.15, 0.2) is 26.4 Å². The zero-order valence-electron chi connectivity index (χ0n) is 6.27. The highest BCUT2D eigenvalue weighted by molar-refractivity contribution is 8.22. The van der Waals surface area contributed by atoms with Crippen LogP contribution in [0, 0.1) is 0 Å². The van der Waals surface area contributed by atoms with Crippen molar-refractivity contribution in [3.05, 3.63) is 12.8 Å². The topological polar surface area (TPSA) is 46.3 Å². The van der Waals surface area contributed by atoms with Gasteiger partial charge in [-0.05, 0) is 56.2 Å². The predicted octanol–water partition coefficient (Wildman–Crippen LogP) is 7.19. The van der Waals surface area contributed by atoms with Gasteiger partial charge < -0.3 is 4.52 Å². The SMILES string of the molecule is C=COP1(Cl)=NP(Cl)(Cl)=NP(Cl)(Cl)=N1. The van der Waals surface area contributed by atoms with E-state index >= 15 is 0 Å². The summed E-state index contributed by atoms with van der Waals surface area (Å²) in [5.41, 5.74) is 0. The Morgan fingerprint density at radius 3 is 1.86 bits per heavy atom. The average molecular weight is 355 g/mol. The van der Waals surface area contributed by atoms with Gasteiger partial charge in [-0.25, -0.2) is 0 Å². The van der Waals surface area contributed by atoms with Crippen molar-refractivity contribution in [1.82, 2.24) is 0 Å². The quantitative estimate of drug-likeness (QED) is 0.382. The van der Waals surface area contributed by atoms with E-state index in [9.17, 15) is 0 Å². The Hall–Kier alpha value is 1.68. The van der Waals surface area contributed by atoms with Crippen LogP contribution in [-0.4, -0.2) is 0 Å². The molecule has 0 aromatic heterocycles. The van der Waals surface area contributed by atoms with Gasteiger partial charge in [0.2, 0.25) is 0 Å². The molecule has 1 heterocycles. The van der Waals surface area contributed by atoms with E-state index in [0.717, 1.165) is 6.26 Å². The lowest BCUT2D eigenvalue weighted by Crippen LogP contribution is -1.73. The van der Waals surface area contributed by atoms with Gasteiger partial charge in [0.1, 0.15) is 0 Å². The van der Waals surface area contributed by atoms with Crippen LogP contribution >= 0.6 is 74.8 Å². The maximum absolute atomic E-state index is 5.89. The van der Waals surface area contributed by atoms with Crippen LogP contribution in [-0.2, 0) is 4.52 Å². The number of halogens is 5. The molecule has 82 valence electrons. The van der Waals surface area contributed by atoms with Crippen molar-refractivity contribution in [2.75, 3.05) is 0 Å². The fourth-order valence-corrected chi connectivity index (χ4v) is 16.9. The van der Waals surface area contributed by atoms with Crippen molar-refractivity contribution in [1.29, 1.82) is 0 Å². The van der Waals surface area contributed by atoms with Crippen LogP contribution in [0.5, 0.6) is 0 Å². The van der Waals surface area contributed by atoms with E-state index in [1.807, 2.05) is 0 Å². The van der Waals surface area contributed by atoms with Gasteiger partial charge in [-0.2, -0.15) is 13.5 Å². The zero-order valence-corrected chi connectivity index (χ0v) is 12.7. The van der Waals surface area contributed by atoms with Crippen molar-refractivity contribution in [2.24, 2.45) is 13.5 Å². The highest BCUT2D eigenvalue weighted by Gasteiger charge is 2.33. The second kappa shape index (κ2) is 4.51. The number of hydrogen-bond donors (Lipinski definition) is 0. The molecule has 0 aromatic carbocycles. The lowest BCUT2D eigenvalue weighted by atomic mass is 11.2. The summed E-state index contributed by atoms with van der Waals surface area (Å²) in [6.45, 7) is 0.293. The molecule has 0 spiro atoms. The molecule has 14 heavy (non-hydrogen) atoms. The predicted molar refractivity (Wildman–Crippen MR) is 68.6 cm³/mol. The molecule has 1 aliphatic rings. The van der Waals surface area contributed by atoms with Crippen LogP contribution in [0.3, 0.4) is 0 Å². The molecule has 0 saturated heterocycles. The summed E-state index contributed by atoms with van der Waals surface area (Å²) in [6, 6.07) is 0. The first-order chi connectivity index (χ1) is 6.18. The van der Waals surface area contributed by atoms with Crippen LogP contribution < -0.4 is 0 Å². The molecule has 0 bridgehead atoms. The molecule has 0 aliphatic carbocycles. The van der Waals surface area contributed by atoms with E-state index in [4.69, 9.17) is 60.7 Å². The van der Waals surface area contributed by atoms with Gasteiger partial charge in [0.15, 0.2) is 0 Å². The van der Waals surface area contributed by atoms with E-state index in [0.29, 0.717) is 0 Å². The summed E-state index contributed by atoms with van der Waals surface area (Å²) in [7, 11) is 0. The lowest BCUT2D eigenvalue weighted by Gasteiger charge is -2.19. The molecule has 4 nitrogen and oxygen atoms in total. The largest absolute Gasteiger partial charge is 0.439 e. The minimum Gasteiger partial charge on any atom is -0.439 e. The molecule has 1 atom stereocenters. The molecule has 0 radical (unpaired) electrons. The summed E-state index contributed by atoms with van der Waals surface area (Å²) in [4.78, 5) is 0. The van der Waals surface area contributed by atoms with Gasteiger partial charge in [-0.15, -0.1) is 0 Å². The molecular formula is C2H3Cl5N3OP3. The Bertz CT molecular complexity index is 410. The molecule has 0 saturated carbocycles. The van der Waals surface area contributed by atoms with Gasteiger partial charge in [0.05, 0.1) is 6.26 Å². The van der Waals surface area contributed by atoms with Gasteiger partial charge in [0, 0.05) is 0 Å². The van der Waals surface area contributed by atoms with E-state index < -0.39 is 18.6 Å². The molecule has 1 unspecified atom stereocenters. The standard InChI is InChI=1S/C2H3Cl5N3OP3/c1-2-11-14(7)9-12(3,4)8-13(5,6)10-14/h2H,1H2. The van der Waals surface area contributed by atoms with Crippen LogP contribution in [0.1, 0.15) is 0 Å². The van der Waals surface area contributed by atoms with Crippen LogP contribution in [0.25, 0.3) is 0 Å². The highest BCUT2D eigenvalue weighted by Crippen LogP contribution is 2.86. The van der Waals surface area contributed by atoms with Crippen molar-refractivity contribution in [2.45, 2.75) is 0 Å². The Labute approximate surface area is 105 Å². The van der Waals surface area contributed by atoms with Crippen molar-refractivity contribution in [3.8, 4) is 0 Å². The van der Waals surface area contributed by atoms with Gasteiger partial charge in [-0.1, -0.05) is 6.58 Å². The van der Waals surface area contributed by atoms with Crippen molar-refractivity contribution >= 4 is 74.8 Å². The number of rotatable bonds is 2. The third-order valence-electron chi connectivity index (χ3n) is 0.860. The molecule has 0 fully saturated rings. The molecule has 1 aliphatic heterocycles. The zero-order chi connectivity index (χ0) is 11.0. The van der Waals surface area contributed by atoms with E-state index in [1.54, 1.807) is 0 Å². The third kappa shape index (κ3) is 3.92. The second-order valence-corrected chi connectivity index (χ2v) is 15.1. The maximum atomic E-state index is 5.89. The van der Waals surface area contributed by atoms with Crippen molar-refractivity contribution in [3.63, 3.8) is 0 Å². The third-order valence-corrected chi connectivity index (χ3v) is 12.8. The number of hydrogen-bond acceptors (Lipinski definition) is 4. The van der Waals surface area contributed by atoms with E-state index in [-0.39, 0.29) is 0 Å². The first-order valence-electron chi connectivity index (χ1n) is 2.87. The second-order valence-electron chi connectivity index (χ2n) is 1.92. The van der Waals surface area contributed by atoms with E-state index in [2.05, 4.69) is 20.1 Å². The molecule has 1 rings (SSSR count). The summed E-state index contributed by atoms with van der Waals surface area (Å²) in [5.74, 6) is -5.96. The van der Waals surface area contributed by atoms with Gasteiger partial charge in [-0.3, -0.25) is 0 Å². The maximum Gasteiger partial charge on any atom is 0.350 e. The minimum atomic E-state index is -3.03. The first kappa shape index (κ1) is 13.7. The summed E-state index contributed by atoms with van der Waals surface area (Å²) >= 11 is 28.9. The fraction of sp³-hybridized carbons (Fsp3) is 0. The Morgan fingerprint density at radius 2 is 1.43 bits per heavy atom. The molecular weight excluding hydrogens is 352 g/mol. The Morgan fingerprint density at radius 1 is 0.929 bits per heavy atom. The normalized spacial score (nSPS) is 33.2. The molecule has 0 amide bonds. The highest BCUT2D eigenvalue weighted by atomic mass is 35.9. The number of nitrogens with zero attached hydrogens (tertiary/aromatic N) is 3. The Kier molecular flexibility index (Phi) is 4.43. The van der Waals surface area contributed by atoms with Gasteiger partial charge in [0.25, 0.3) is 11.8 Å². The summed E-state index contributed by atoms with van der Waals surface area (Å²) in [6.07, 6.45) is 1.08. The fourth-order valence-electron chi connectivity index (χ4n) is 0.586. The lowest BCUT2D eigenvalue weighted by molar-refractivity contribution is 0.542. The van der Waals surface area contributed by atoms with Crippen molar-refractivity contribution < 1.29 is 4.52 Å². The molecule has 0 aromatic rings. The Balaban J connectivity index is 3.40. The van der Waals surface area contributed by atoms with Gasteiger partial charge >= 0.3 is 6.78 Å². The van der Waals surface area contributed by atoms with E-state index in [1.165, 1.54) is 0 Å². The van der Waals surface area contributed by atoms with Crippen LogP contribution in [0.2, 0.25) is 0 Å². The average Bonchev–Trinajstić information content (AvgIpc) is 1.75. The first-order valence-corrected chi connectivity index (χ1v) is 12.4. The molecule has 0 N–H and O–H groups in total. The summed E-state index contributed by atoms with van der Waals surface area (Å²) < 4.78 is 16.2. The smallest absolute Gasteiger partial charge is 0.350 e.